The molecule has 0 heterocycles. The van der Waals surface area contributed by atoms with Crippen LogP contribution >= 0.6 is 22.6 Å². The largest absolute Gasteiger partial charge is 0.372 e. The van der Waals surface area contributed by atoms with Crippen molar-refractivity contribution in [1.82, 2.24) is 0 Å². The molecule has 0 radical (unpaired) electrons. The quantitative estimate of drug-likeness (QED) is 0.591. The van der Waals surface area contributed by atoms with Crippen LogP contribution in [0.15, 0.2) is 24.3 Å². The molecule has 0 aromatic heterocycles. The fourth-order valence-electron chi connectivity index (χ4n) is 1.55. The Kier molecular flexibility index (Phi) is 4.03. The van der Waals surface area contributed by atoms with Gasteiger partial charge in [0, 0.05) is 4.43 Å². The molecule has 1 unspecified atom stereocenters. The minimum atomic E-state index is 0.284. The number of rotatable bonds is 5. The van der Waals surface area contributed by atoms with Crippen LogP contribution in [0.5, 0.6) is 0 Å². The highest BCUT2D eigenvalue weighted by Gasteiger charge is 2.23. The molecule has 1 atom stereocenters. The molecular weight excluding hydrogens is 299 g/mol. The fraction of sp³-hybridized carbons (Fsp3) is 0.538. The second-order valence-corrected chi connectivity index (χ2v) is 5.21. The van der Waals surface area contributed by atoms with Crippen molar-refractivity contribution in [2.24, 2.45) is 5.92 Å². The summed E-state index contributed by atoms with van der Waals surface area (Å²) in [4.78, 5) is 0. The summed E-state index contributed by atoms with van der Waals surface area (Å²) in [5.41, 5.74) is 2.63. The average molecular weight is 316 g/mol. The maximum atomic E-state index is 5.93. The number of hydrogen-bond acceptors (Lipinski definition) is 1. The monoisotopic (exact) mass is 316 g/mol. The molecule has 15 heavy (non-hydrogen) atoms. The van der Waals surface area contributed by atoms with Gasteiger partial charge in [-0.25, -0.2) is 0 Å². The molecule has 1 aromatic carbocycles. The highest BCUT2D eigenvalue weighted by atomic mass is 127. The highest BCUT2D eigenvalue weighted by Crippen LogP contribution is 2.31. The van der Waals surface area contributed by atoms with Crippen molar-refractivity contribution in [2.45, 2.75) is 25.9 Å². The fourth-order valence-corrected chi connectivity index (χ4v) is 2.31. The minimum Gasteiger partial charge on any atom is -0.372 e. The van der Waals surface area contributed by atoms with E-state index in [0.29, 0.717) is 0 Å². The third kappa shape index (κ3) is 3.45. The van der Waals surface area contributed by atoms with E-state index in [1.165, 1.54) is 24.0 Å². The smallest absolute Gasteiger partial charge is 0.0914 e. The van der Waals surface area contributed by atoms with E-state index in [4.69, 9.17) is 4.74 Å². The van der Waals surface area contributed by atoms with Gasteiger partial charge in [0.15, 0.2) is 0 Å². The highest BCUT2D eigenvalue weighted by molar-refractivity contribution is 14.1. The molecule has 2 rings (SSSR count). The van der Waals surface area contributed by atoms with Gasteiger partial charge in [-0.3, -0.25) is 0 Å². The minimum absolute atomic E-state index is 0.284. The molecule has 2 heteroatoms. The summed E-state index contributed by atoms with van der Waals surface area (Å²) < 4.78 is 6.97. The molecule has 0 bridgehead atoms. The molecule has 0 N–H and O–H groups in total. The summed E-state index contributed by atoms with van der Waals surface area (Å²) >= 11 is 2.40. The van der Waals surface area contributed by atoms with Gasteiger partial charge in [-0.1, -0.05) is 52.4 Å². The van der Waals surface area contributed by atoms with E-state index in [1.807, 2.05) is 0 Å². The molecule has 1 nitrogen and oxygen atoms in total. The van der Waals surface area contributed by atoms with E-state index in [1.54, 1.807) is 0 Å². The summed E-state index contributed by atoms with van der Waals surface area (Å²) in [6.07, 6.45) is 3.01. The molecule has 0 saturated heterocycles. The molecule has 1 saturated carbocycles. The summed E-state index contributed by atoms with van der Waals surface area (Å²) in [5, 5.41) is 0. The van der Waals surface area contributed by atoms with Gasteiger partial charge in [0.1, 0.15) is 0 Å². The van der Waals surface area contributed by atoms with Gasteiger partial charge in [0.2, 0.25) is 0 Å². The lowest BCUT2D eigenvalue weighted by Gasteiger charge is -2.15. The third-order valence-corrected chi connectivity index (χ3v) is 3.62. The Morgan fingerprint density at radius 2 is 2.00 bits per heavy atom. The van der Waals surface area contributed by atoms with Crippen molar-refractivity contribution in [3.8, 4) is 0 Å². The lowest BCUT2D eigenvalue weighted by Crippen LogP contribution is -2.07. The van der Waals surface area contributed by atoms with Gasteiger partial charge < -0.3 is 4.74 Å². The Labute approximate surface area is 105 Å². The Bertz CT molecular complexity index is 303. The van der Waals surface area contributed by atoms with Crippen LogP contribution in [-0.4, -0.2) is 11.0 Å². The Balaban J connectivity index is 1.94. The van der Waals surface area contributed by atoms with Crippen LogP contribution in [0.25, 0.3) is 0 Å². The van der Waals surface area contributed by atoms with Crippen LogP contribution in [0.4, 0.5) is 0 Å². The molecular formula is C13H17IO. The van der Waals surface area contributed by atoms with E-state index in [-0.39, 0.29) is 6.10 Å². The van der Waals surface area contributed by atoms with Gasteiger partial charge in [-0.15, -0.1) is 0 Å². The zero-order valence-corrected chi connectivity index (χ0v) is 11.2. The van der Waals surface area contributed by atoms with Crippen molar-refractivity contribution in [2.75, 3.05) is 11.0 Å². The maximum Gasteiger partial charge on any atom is 0.0914 e. The number of ether oxygens (including phenoxy) is 1. The average Bonchev–Trinajstić information content (AvgIpc) is 3.05. The Morgan fingerprint density at radius 3 is 2.53 bits per heavy atom. The third-order valence-electron chi connectivity index (χ3n) is 2.82. The van der Waals surface area contributed by atoms with Crippen LogP contribution in [0.2, 0.25) is 0 Å². The van der Waals surface area contributed by atoms with Gasteiger partial charge in [0.25, 0.3) is 0 Å². The molecule has 0 aliphatic heterocycles. The molecule has 0 spiro atoms. The van der Waals surface area contributed by atoms with Crippen molar-refractivity contribution in [3.05, 3.63) is 35.4 Å². The first-order valence-electron chi connectivity index (χ1n) is 5.53. The van der Waals surface area contributed by atoms with E-state index in [9.17, 15) is 0 Å². The maximum absolute atomic E-state index is 5.93. The van der Waals surface area contributed by atoms with Gasteiger partial charge in [-0.05, 0) is 31.2 Å². The predicted molar refractivity (Wildman–Crippen MR) is 71.5 cm³/mol. The summed E-state index contributed by atoms with van der Waals surface area (Å²) in [7, 11) is 0. The van der Waals surface area contributed by atoms with E-state index in [0.717, 1.165) is 17.0 Å². The molecule has 1 aliphatic rings. The number of hydrogen-bond donors (Lipinski definition) is 0. The normalized spacial score (nSPS) is 17.7. The SMILES string of the molecule is Cc1ccc(C(CI)OCC2CC2)cc1. The van der Waals surface area contributed by atoms with E-state index in [2.05, 4.69) is 53.8 Å². The van der Waals surface area contributed by atoms with E-state index < -0.39 is 0 Å². The van der Waals surface area contributed by atoms with Crippen molar-refractivity contribution < 1.29 is 4.74 Å². The standard InChI is InChI=1S/C13H17IO/c1-10-2-6-12(7-3-10)13(8-14)15-9-11-4-5-11/h2-3,6-7,11,13H,4-5,8-9H2,1H3. The lowest BCUT2D eigenvalue weighted by atomic mass is 10.1. The van der Waals surface area contributed by atoms with Gasteiger partial charge >= 0.3 is 0 Å². The number of alkyl halides is 1. The zero-order valence-electron chi connectivity index (χ0n) is 9.08. The van der Waals surface area contributed by atoms with Crippen LogP contribution in [0.1, 0.15) is 30.1 Å². The molecule has 0 amide bonds. The number of aryl methyl sites for hydroxylation is 1. The Morgan fingerprint density at radius 1 is 1.33 bits per heavy atom. The molecule has 1 aromatic rings. The van der Waals surface area contributed by atoms with Gasteiger partial charge in [0.05, 0.1) is 12.7 Å². The molecule has 1 aliphatic carbocycles. The number of halogens is 1. The number of benzene rings is 1. The first-order valence-corrected chi connectivity index (χ1v) is 7.06. The zero-order chi connectivity index (χ0) is 10.7. The Hall–Kier alpha value is -0.0900. The topological polar surface area (TPSA) is 9.23 Å². The summed E-state index contributed by atoms with van der Waals surface area (Å²) in [6, 6.07) is 8.70. The van der Waals surface area contributed by atoms with Crippen molar-refractivity contribution >= 4 is 22.6 Å². The van der Waals surface area contributed by atoms with Crippen molar-refractivity contribution in [3.63, 3.8) is 0 Å². The summed E-state index contributed by atoms with van der Waals surface area (Å²) in [6.45, 7) is 3.06. The van der Waals surface area contributed by atoms with Crippen molar-refractivity contribution in [1.29, 1.82) is 0 Å². The van der Waals surface area contributed by atoms with Crippen LogP contribution in [0, 0.1) is 12.8 Å². The molecule has 1 fully saturated rings. The molecule has 82 valence electrons. The second-order valence-electron chi connectivity index (χ2n) is 4.33. The first-order chi connectivity index (χ1) is 7.29. The van der Waals surface area contributed by atoms with Crippen LogP contribution in [0.3, 0.4) is 0 Å². The lowest BCUT2D eigenvalue weighted by molar-refractivity contribution is 0.0630. The first kappa shape index (κ1) is 11.4. The van der Waals surface area contributed by atoms with Crippen LogP contribution < -0.4 is 0 Å². The summed E-state index contributed by atoms with van der Waals surface area (Å²) in [5.74, 6) is 0.848. The van der Waals surface area contributed by atoms with E-state index >= 15 is 0 Å². The predicted octanol–water partition coefficient (Wildman–Crippen LogP) is 3.90. The second kappa shape index (κ2) is 5.30. The van der Waals surface area contributed by atoms with Crippen LogP contribution in [-0.2, 0) is 4.74 Å². The van der Waals surface area contributed by atoms with Gasteiger partial charge in [-0.2, -0.15) is 0 Å².